The highest BCUT2D eigenvalue weighted by Gasteiger charge is 2.29. The van der Waals surface area contributed by atoms with Gasteiger partial charge in [-0.25, -0.2) is 0 Å². The molecule has 1 aromatic carbocycles. The van der Waals surface area contributed by atoms with Gasteiger partial charge in [-0.3, -0.25) is 9.59 Å². The molecular weight excluding hydrogens is 260 g/mol. The number of aliphatic hydroxyl groups is 1. The van der Waals surface area contributed by atoms with E-state index in [0.29, 0.717) is 5.92 Å². The molecule has 0 aromatic heterocycles. The molecule has 1 aromatic rings. The second kappa shape index (κ2) is 6.38. The Kier molecular flexibility index (Phi) is 4.57. The van der Waals surface area contributed by atoms with Gasteiger partial charge in [-0.2, -0.15) is 0 Å². The number of primary amides is 1. The molecule has 1 atom stereocenters. The van der Waals surface area contributed by atoms with Gasteiger partial charge >= 0.3 is 0 Å². The summed E-state index contributed by atoms with van der Waals surface area (Å²) >= 11 is 0. The van der Waals surface area contributed by atoms with Crippen molar-refractivity contribution in [3.8, 4) is 5.75 Å². The van der Waals surface area contributed by atoms with Crippen LogP contribution in [0.3, 0.4) is 0 Å². The van der Waals surface area contributed by atoms with Crippen LogP contribution in [0.4, 0.5) is 0 Å². The Morgan fingerprint density at radius 2 is 2.10 bits per heavy atom. The molecule has 0 bridgehead atoms. The molecule has 2 rings (SSSR count). The second-order valence-electron chi connectivity index (χ2n) is 4.86. The van der Waals surface area contributed by atoms with Crippen LogP contribution in [0.25, 0.3) is 0 Å². The number of benzene rings is 1. The minimum absolute atomic E-state index is 0.221. The van der Waals surface area contributed by atoms with Crippen LogP contribution < -0.4 is 15.8 Å². The van der Waals surface area contributed by atoms with E-state index in [1.54, 1.807) is 18.2 Å². The fraction of sp³-hybridized carbons (Fsp3) is 0.429. The highest BCUT2D eigenvalue weighted by atomic mass is 16.5. The van der Waals surface area contributed by atoms with Gasteiger partial charge in [-0.15, -0.1) is 0 Å². The smallest absolute Gasteiger partial charge is 0.258 e. The predicted octanol–water partition coefficient (Wildman–Crippen LogP) is 0.0514. The van der Waals surface area contributed by atoms with E-state index in [2.05, 4.69) is 5.32 Å². The third kappa shape index (κ3) is 3.96. The molecule has 6 heteroatoms. The number of hydrogen-bond acceptors (Lipinski definition) is 4. The third-order valence-corrected chi connectivity index (χ3v) is 3.19. The molecule has 0 heterocycles. The molecule has 6 nitrogen and oxygen atoms in total. The zero-order valence-corrected chi connectivity index (χ0v) is 11.0. The Bertz CT molecular complexity index is 500. The first-order valence-corrected chi connectivity index (χ1v) is 6.54. The molecule has 108 valence electrons. The Labute approximate surface area is 116 Å². The van der Waals surface area contributed by atoms with E-state index in [-0.39, 0.29) is 30.4 Å². The van der Waals surface area contributed by atoms with E-state index in [4.69, 9.17) is 10.5 Å². The molecule has 1 aliphatic rings. The summed E-state index contributed by atoms with van der Waals surface area (Å²) < 4.78 is 5.27. The van der Waals surface area contributed by atoms with Gasteiger partial charge in [0.2, 0.25) is 0 Å². The number of aliphatic hydroxyl groups excluding tert-OH is 1. The summed E-state index contributed by atoms with van der Waals surface area (Å²) in [7, 11) is 0. The molecule has 1 unspecified atom stereocenters. The molecular formula is C14H18N2O4. The lowest BCUT2D eigenvalue weighted by Crippen LogP contribution is -2.36. The Morgan fingerprint density at radius 3 is 2.75 bits per heavy atom. The van der Waals surface area contributed by atoms with E-state index < -0.39 is 12.0 Å². The van der Waals surface area contributed by atoms with E-state index in [1.165, 1.54) is 6.07 Å². The summed E-state index contributed by atoms with van der Waals surface area (Å²) in [6.07, 6.45) is 1.54. The largest absolute Gasteiger partial charge is 0.483 e. The number of ether oxygens (including phenoxy) is 1. The average molecular weight is 278 g/mol. The lowest BCUT2D eigenvalue weighted by Gasteiger charge is -2.12. The first-order valence-electron chi connectivity index (χ1n) is 6.54. The number of amides is 2. The van der Waals surface area contributed by atoms with Gasteiger partial charge in [-0.1, -0.05) is 12.1 Å². The summed E-state index contributed by atoms with van der Waals surface area (Å²) in [5.41, 5.74) is 5.44. The first-order chi connectivity index (χ1) is 9.58. The second-order valence-corrected chi connectivity index (χ2v) is 4.86. The molecule has 4 N–H and O–H groups in total. The zero-order chi connectivity index (χ0) is 14.5. The number of hydrogen-bond donors (Lipinski definition) is 3. The Balaban J connectivity index is 1.79. The highest BCUT2D eigenvalue weighted by Crippen LogP contribution is 2.32. The average Bonchev–Trinajstić information content (AvgIpc) is 3.27. The normalized spacial score (nSPS) is 15.4. The quantitative estimate of drug-likeness (QED) is 0.656. The van der Waals surface area contributed by atoms with Crippen LogP contribution in [-0.2, 0) is 4.79 Å². The number of nitrogens with one attached hydrogen (secondary N) is 1. The molecule has 0 saturated heterocycles. The van der Waals surface area contributed by atoms with Crippen molar-refractivity contribution in [3.63, 3.8) is 0 Å². The van der Waals surface area contributed by atoms with Gasteiger partial charge in [0.25, 0.3) is 11.8 Å². The molecule has 0 aliphatic heterocycles. The Hall–Kier alpha value is -2.08. The number of carbonyl (C=O) groups is 2. The lowest BCUT2D eigenvalue weighted by atomic mass is 10.2. The maximum atomic E-state index is 11.6. The van der Waals surface area contributed by atoms with Crippen molar-refractivity contribution in [1.82, 2.24) is 5.32 Å². The minimum atomic E-state index is -0.606. The zero-order valence-electron chi connectivity index (χ0n) is 11.0. The highest BCUT2D eigenvalue weighted by molar-refractivity contribution is 5.95. The predicted molar refractivity (Wildman–Crippen MR) is 72.2 cm³/mol. The van der Waals surface area contributed by atoms with Crippen molar-refractivity contribution in [2.45, 2.75) is 18.9 Å². The SMILES string of the molecule is NC(=O)c1ccccc1OCC(=O)NCC(O)C1CC1. The van der Waals surface area contributed by atoms with Crippen molar-refractivity contribution in [3.05, 3.63) is 29.8 Å². The van der Waals surface area contributed by atoms with Gasteiger partial charge in [0, 0.05) is 6.54 Å². The molecule has 2 amide bonds. The first kappa shape index (κ1) is 14.3. The van der Waals surface area contributed by atoms with Crippen molar-refractivity contribution in [2.75, 3.05) is 13.2 Å². The maximum absolute atomic E-state index is 11.6. The van der Waals surface area contributed by atoms with Crippen LogP contribution in [0.5, 0.6) is 5.75 Å². The lowest BCUT2D eigenvalue weighted by molar-refractivity contribution is -0.123. The summed E-state index contributed by atoms with van der Waals surface area (Å²) in [6.45, 7) is 0.00596. The minimum Gasteiger partial charge on any atom is -0.483 e. The fourth-order valence-electron chi connectivity index (χ4n) is 1.86. The third-order valence-electron chi connectivity index (χ3n) is 3.19. The molecule has 0 radical (unpaired) electrons. The van der Waals surface area contributed by atoms with Gasteiger partial charge < -0.3 is 20.9 Å². The summed E-state index contributed by atoms with van der Waals surface area (Å²) in [5, 5.41) is 12.2. The maximum Gasteiger partial charge on any atom is 0.258 e. The van der Waals surface area contributed by atoms with Gasteiger partial charge in [0.1, 0.15) is 5.75 Å². The molecule has 1 saturated carbocycles. The summed E-state index contributed by atoms with van der Waals surface area (Å²) in [6, 6.07) is 6.47. The number of para-hydroxylation sites is 1. The van der Waals surface area contributed by atoms with Crippen molar-refractivity contribution >= 4 is 11.8 Å². The number of rotatable bonds is 7. The van der Waals surface area contributed by atoms with Gasteiger partial charge in [-0.05, 0) is 30.9 Å². The van der Waals surface area contributed by atoms with E-state index in [1.807, 2.05) is 0 Å². The van der Waals surface area contributed by atoms with Crippen LogP contribution in [0.1, 0.15) is 23.2 Å². The fourth-order valence-corrected chi connectivity index (χ4v) is 1.86. The number of nitrogens with two attached hydrogens (primary N) is 1. The molecule has 1 aliphatic carbocycles. The van der Waals surface area contributed by atoms with Crippen LogP contribution in [0, 0.1) is 5.92 Å². The van der Waals surface area contributed by atoms with Crippen molar-refractivity contribution in [2.24, 2.45) is 11.7 Å². The van der Waals surface area contributed by atoms with Crippen molar-refractivity contribution < 1.29 is 19.4 Å². The summed E-state index contributed by atoms with van der Waals surface area (Å²) in [4.78, 5) is 22.8. The van der Waals surface area contributed by atoms with Crippen LogP contribution in [0.2, 0.25) is 0 Å². The van der Waals surface area contributed by atoms with Gasteiger partial charge in [0.05, 0.1) is 11.7 Å². The number of carbonyl (C=O) groups excluding carboxylic acids is 2. The van der Waals surface area contributed by atoms with Gasteiger partial charge in [0.15, 0.2) is 6.61 Å². The van der Waals surface area contributed by atoms with E-state index in [9.17, 15) is 14.7 Å². The van der Waals surface area contributed by atoms with Crippen LogP contribution >= 0.6 is 0 Å². The summed E-state index contributed by atoms with van der Waals surface area (Å²) in [5.74, 6) is -0.362. The van der Waals surface area contributed by atoms with E-state index >= 15 is 0 Å². The van der Waals surface area contributed by atoms with Crippen LogP contribution in [-0.4, -0.2) is 36.2 Å². The topological polar surface area (TPSA) is 102 Å². The Morgan fingerprint density at radius 1 is 1.40 bits per heavy atom. The van der Waals surface area contributed by atoms with Crippen LogP contribution in [0.15, 0.2) is 24.3 Å². The molecule has 1 fully saturated rings. The molecule has 20 heavy (non-hydrogen) atoms. The standard InChI is InChI=1S/C14H18N2O4/c15-14(19)10-3-1-2-4-12(10)20-8-13(18)16-7-11(17)9-5-6-9/h1-4,9,11,17H,5-8H2,(H2,15,19)(H,16,18). The molecule has 0 spiro atoms. The monoisotopic (exact) mass is 278 g/mol. The van der Waals surface area contributed by atoms with E-state index in [0.717, 1.165) is 12.8 Å². The van der Waals surface area contributed by atoms with Crippen molar-refractivity contribution in [1.29, 1.82) is 0 Å².